The Hall–Kier alpha value is -2.73. The zero-order chi connectivity index (χ0) is 16.5. The summed E-state index contributed by atoms with van der Waals surface area (Å²) >= 11 is 0. The van der Waals surface area contributed by atoms with Crippen LogP contribution >= 0.6 is 0 Å². The minimum atomic E-state index is 0.0156. The summed E-state index contributed by atoms with van der Waals surface area (Å²) in [4.78, 5) is 17.3. The van der Waals surface area contributed by atoms with Gasteiger partial charge in [0.2, 0.25) is 0 Å². The topological polar surface area (TPSA) is 62.5 Å². The molecule has 6 nitrogen and oxygen atoms in total. The number of hydrogen-bond donors (Lipinski definition) is 0. The van der Waals surface area contributed by atoms with Gasteiger partial charge in [-0.05, 0) is 41.1 Å². The molecule has 0 radical (unpaired) electrons. The molecular formula is C18H18N4O2. The molecule has 1 amide bonds. The Kier molecular flexibility index (Phi) is 3.74. The van der Waals surface area contributed by atoms with E-state index in [4.69, 9.17) is 4.63 Å². The number of piperazine rings is 1. The Morgan fingerprint density at radius 3 is 2.71 bits per heavy atom. The third-order valence-electron chi connectivity index (χ3n) is 4.53. The van der Waals surface area contributed by atoms with Crippen molar-refractivity contribution in [1.82, 2.24) is 20.1 Å². The Bertz CT molecular complexity index is 862. The first-order valence-corrected chi connectivity index (χ1v) is 7.99. The second-order valence-corrected chi connectivity index (χ2v) is 6.15. The maximum atomic E-state index is 13.1. The molecule has 6 heteroatoms. The predicted molar refractivity (Wildman–Crippen MR) is 89.5 cm³/mol. The summed E-state index contributed by atoms with van der Waals surface area (Å²) in [7, 11) is 2.09. The van der Waals surface area contributed by atoms with Gasteiger partial charge in [0.1, 0.15) is 11.0 Å². The van der Waals surface area contributed by atoms with Crippen LogP contribution in [0.15, 0.2) is 53.2 Å². The summed E-state index contributed by atoms with van der Waals surface area (Å²) in [5, 5.41) is 7.62. The molecule has 3 aromatic rings. The van der Waals surface area contributed by atoms with E-state index in [1.807, 2.05) is 23.1 Å². The van der Waals surface area contributed by atoms with E-state index in [2.05, 4.69) is 34.4 Å². The summed E-state index contributed by atoms with van der Waals surface area (Å²) in [6, 6.07) is 15.5. The predicted octanol–water partition coefficient (Wildman–Crippen LogP) is 2.35. The van der Waals surface area contributed by atoms with Crippen LogP contribution in [0.4, 0.5) is 0 Å². The molecule has 0 spiro atoms. The lowest BCUT2D eigenvalue weighted by molar-refractivity contribution is 0.0498. The maximum absolute atomic E-state index is 13.1. The second kappa shape index (κ2) is 6.05. The monoisotopic (exact) mass is 322 g/mol. The van der Waals surface area contributed by atoms with E-state index in [0.717, 1.165) is 18.7 Å². The summed E-state index contributed by atoms with van der Waals surface area (Å²) < 4.78 is 4.72. The molecule has 0 bridgehead atoms. The molecule has 1 atom stereocenters. The van der Waals surface area contributed by atoms with Gasteiger partial charge in [-0.1, -0.05) is 30.3 Å². The molecule has 1 saturated heterocycles. The molecule has 2 aromatic carbocycles. The smallest absolute Gasteiger partial charge is 0.254 e. The van der Waals surface area contributed by atoms with Crippen LogP contribution in [0.5, 0.6) is 0 Å². The highest BCUT2D eigenvalue weighted by molar-refractivity contribution is 5.97. The molecule has 1 unspecified atom stereocenters. The van der Waals surface area contributed by atoms with Crippen molar-refractivity contribution in [2.75, 3.05) is 26.7 Å². The van der Waals surface area contributed by atoms with Crippen LogP contribution in [0.1, 0.15) is 22.0 Å². The van der Waals surface area contributed by atoms with E-state index in [-0.39, 0.29) is 11.9 Å². The van der Waals surface area contributed by atoms with Gasteiger partial charge < -0.3 is 9.80 Å². The van der Waals surface area contributed by atoms with Crippen LogP contribution in [0.2, 0.25) is 0 Å². The molecule has 1 aromatic heterocycles. The van der Waals surface area contributed by atoms with Gasteiger partial charge in [-0.15, -0.1) is 0 Å². The van der Waals surface area contributed by atoms with Crippen molar-refractivity contribution in [3.8, 4) is 0 Å². The van der Waals surface area contributed by atoms with Gasteiger partial charge >= 0.3 is 0 Å². The number of nitrogens with zero attached hydrogens (tertiary/aromatic N) is 4. The van der Waals surface area contributed by atoms with E-state index in [1.165, 1.54) is 0 Å². The number of aromatic nitrogens is 2. The Balaban J connectivity index is 1.67. The lowest BCUT2D eigenvalue weighted by atomic mass is 10.0. The molecule has 1 aliphatic heterocycles. The van der Waals surface area contributed by atoms with Crippen LogP contribution in [0.3, 0.4) is 0 Å². The molecule has 1 fully saturated rings. The van der Waals surface area contributed by atoms with Crippen LogP contribution in [-0.4, -0.2) is 52.7 Å². The Morgan fingerprint density at radius 2 is 1.88 bits per heavy atom. The molecule has 0 N–H and O–H groups in total. The number of amides is 1. The van der Waals surface area contributed by atoms with Gasteiger partial charge in [-0.2, -0.15) is 0 Å². The fourth-order valence-electron chi connectivity index (χ4n) is 3.20. The third-order valence-corrected chi connectivity index (χ3v) is 4.53. The van der Waals surface area contributed by atoms with Crippen molar-refractivity contribution < 1.29 is 9.42 Å². The molecule has 24 heavy (non-hydrogen) atoms. The molecule has 2 heterocycles. The van der Waals surface area contributed by atoms with Crippen molar-refractivity contribution in [1.29, 1.82) is 0 Å². The van der Waals surface area contributed by atoms with E-state index >= 15 is 0 Å². The lowest BCUT2D eigenvalue weighted by Crippen LogP contribution is -2.49. The molecule has 0 saturated carbocycles. The highest BCUT2D eigenvalue weighted by Gasteiger charge is 2.30. The summed E-state index contributed by atoms with van der Waals surface area (Å²) in [6.07, 6.45) is 0. The van der Waals surface area contributed by atoms with Crippen molar-refractivity contribution in [2.45, 2.75) is 6.04 Å². The summed E-state index contributed by atoms with van der Waals surface area (Å²) in [6.45, 7) is 2.39. The van der Waals surface area contributed by atoms with Crippen LogP contribution in [0.25, 0.3) is 11.0 Å². The largest absolute Gasteiger partial charge is 0.329 e. The average Bonchev–Trinajstić information content (AvgIpc) is 3.09. The average molecular weight is 322 g/mol. The highest BCUT2D eigenvalue weighted by atomic mass is 16.6. The van der Waals surface area contributed by atoms with Crippen molar-refractivity contribution in [3.05, 3.63) is 59.7 Å². The first-order valence-electron chi connectivity index (χ1n) is 7.99. The second-order valence-electron chi connectivity index (χ2n) is 6.15. The van der Waals surface area contributed by atoms with Gasteiger partial charge in [0.15, 0.2) is 0 Å². The number of rotatable bonds is 2. The summed E-state index contributed by atoms with van der Waals surface area (Å²) in [5.74, 6) is 0.0156. The first kappa shape index (κ1) is 14.8. The van der Waals surface area contributed by atoms with Gasteiger partial charge in [-0.3, -0.25) is 4.79 Å². The van der Waals surface area contributed by atoms with Crippen LogP contribution in [-0.2, 0) is 0 Å². The number of benzene rings is 2. The standard InChI is InChI=1S/C18H18N4O2/c1-21-9-10-22(17(12-21)13-5-3-2-4-6-13)18(23)14-7-8-15-16(11-14)20-24-19-15/h2-8,11,17H,9-10,12H2,1H3. The quantitative estimate of drug-likeness (QED) is 0.725. The number of carbonyl (C=O) groups excluding carboxylic acids is 1. The molecule has 0 aliphatic carbocycles. The zero-order valence-electron chi connectivity index (χ0n) is 13.4. The number of hydrogen-bond acceptors (Lipinski definition) is 5. The minimum Gasteiger partial charge on any atom is -0.329 e. The van der Waals surface area contributed by atoms with Crippen molar-refractivity contribution in [2.24, 2.45) is 0 Å². The van der Waals surface area contributed by atoms with Gasteiger partial charge in [-0.25, -0.2) is 4.63 Å². The van der Waals surface area contributed by atoms with Crippen LogP contribution in [0, 0.1) is 0 Å². The number of carbonyl (C=O) groups is 1. The van der Waals surface area contributed by atoms with Crippen LogP contribution < -0.4 is 0 Å². The van der Waals surface area contributed by atoms with Gasteiger partial charge in [0, 0.05) is 25.2 Å². The minimum absolute atomic E-state index is 0.0156. The summed E-state index contributed by atoms with van der Waals surface area (Å²) in [5.41, 5.74) is 3.03. The van der Waals surface area contributed by atoms with E-state index in [0.29, 0.717) is 23.1 Å². The fourth-order valence-corrected chi connectivity index (χ4v) is 3.20. The first-order chi connectivity index (χ1) is 11.7. The van der Waals surface area contributed by atoms with Crippen molar-refractivity contribution in [3.63, 3.8) is 0 Å². The number of fused-ring (bicyclic) bond motifs is 1. The zero-order valence-corrected chi connectivity index (χ0v) is 13.4. The fraction of sp³-hybridized carbons (Fsp3) is 0.278. The van der Waals surface area contributed by atoms with Gasteiger partial charge in [0.25, 0.3) is 5.91 Å². The van der Waals surface area contributed by atoms with Crippen molar-refractivity contribution >= 4 is 16.9 Å². The Labute approximate surface area is 139 Å². The maximum Gasteiger partial charge on any atom is 0.254 e. The molecular weight excluding hydrogens is 304 g/mol. The highest BCUT2D eigenvalue weighted by Crippen LogP contribution is 2.27. The normalized spacial score (nSPS) is 18.9. The number of likely N-dealkylation sites (N-methyl/N-ethyl adjacent to an activating group) is 1. The molecule has 4 rings (SSSR count). The van der Waals surface area contributed by atoms with E-state index in [9.17, 15) is 4.79 Å². The molecule has 122 valence electrons. The third kappa shape index (κ3) is 2.65. The Morgan fingerprint density at radius 1 is 1.08 bits per heavy atom. The van der Waals surface area contributed by atoms with Gasteiger partial charge in [0.05, 0.1) is 6.04 Å². The van der Waals surface area contributed by atoms with E-state index < -0.39 is 0 Å². The SMILES string of the molecule is CN1CCN(C(=O)c2ccc3nonc3c2)C(c2ccccc2)C1. The lowest BCUT2D eigenvalue weighted by Gasteiger charge is -2.40. The molecule has 1 aliphatic rings. The van der Waals surface area contributed by atoms with E-state index in [1.54, 1.807) is 18.2 Å².